The number of ether oxygens (including phenoxy) is 1. The summed E-state index contributed by atoms with van der Waals surface area (Å²) in [5, 5.41) is 12.1. The second-order valence-corrected chi connectivity index (χ2v) is 7.23. The van der Waals surface area contributed by atoms with Gasteiger partial charge in [-0.1, -0.05) is 0 Å². The SMILES string of the molecule is Cc1ccc(NCC2CC2)cn1.O=C(O)c1cncc(OC2CC(F)(F)C2)c1. The highest BCUT2D eigenvalue weighted by atomic mass is 19.3. The Bertz CT molecular complexity index is 803. The number of pyridine rings is 2. The van der Waals surface area contributed by atoms with E-state index < -0.39 is 18.0 Å². The summed E-state index contributed by atoms with van der Waals surface area (Å²) in [7, 11) is 0. The van der Waals surface area contributed by atoms with Crippen LogP contribution in [0, 0.1) is 12.8 Å². The summed E-state index contributed by atoms with van der Waals surface area (Å²) >= 11 is 0. The van der Waals surface area contributed by atoms with Crippen molar-refractivity contribution in [1.82, 2.24) is 9.97 Å². The Morgan fingerprint density at radius 1 is 1.29 bits per heavy atom. The highest BCUT2D eigenvalue weighted by Crippen LogP contribution is 2.39. The molecule has 2 heterocycles. The van der Waals surface area contributed by atoms with Crippen LogP contribution in [0.15, 0.2) is 36.8 Å². The zero-order valence-electron chi connectivity index (χ0n) is 15.6. The molecular weight excluding hydrogens is 368 g/mol. The zero-order chi connectivity index (χ0) is 20.1. The largest absolute Gasteiger partial charge is 0.488 e. The third kappa shape index (κ3) is 6.14. The quantitative estimate of drug-likeness (QED) is 0.769. The molecule has 4 rings (SSSR count). The van der Waals surface area contributed by atoms with E-state index in [4.69, 9.17) is 9.84 Å². The van der Waals surface area contributed by atoms with Crippen LogP contribution in [-0.2, 0) is 0 Å². The topological polar surface area (TPSA) is 84.3 Å². The van der Waals surface area contributed by atoms with Crippen molar-refractivity contribution in [1.29, 1.82) is 0 Å². The predicted molar refractivity (Wildman–Crippen MR) is 100.0 cm³/mol. The van der Waals surface area contributed by atoms with E-state index in [-0.39, 0.29) is 24.2 Å². The smallest absolute Gasteiger partial charge is 0.337 e. The van der Waals surface area contributed by atoms with Crippen molar-refractivity contribution >= 4 is 11.7 Å². The molecule has 8 heteroatoms. The third-order valence-corrected chi connectivity index (χ3v) is 4.52. The molecule has 150 valence electrons. The summed E-state index contributed by atoms with van der Waals surface area (Å²) < 4.78 is 30.2. The summed E-state index contributed by atoms with van der Waals surface area (Å²) in [6.45, 7) is 3.12. The lowest BCUT2D eigenvalue weighted by atomic mass is 9.91. The number of carboxylic acids is 1. The first kappa shape index (κ1) is 20.0. The first-order chi connectivity index (χ1) is 13.3. The lowest BCUT2D eigenvalue weighted by molar-refractivity contribution is -0.134. The van der Waals surface area contributed by atoms with E-state index in [0.29, 0.717) is 0 Å². The molecule has 2 saturated carbocycles. The molecule has 0 bridgehead atoms. The Kier molecular flexibility index (Phi) is 6.06. The molecule has 0 radical (unpaired) electrons. The second-order valence-electron chi connectivity index (χ2n) is 7.23. The van der Waals surface area contributed by atoms with Crippen LogP contribution in [0.1, 0.15) is 41.7 Å². The lowest BCUT2D eigenvalue weighted by Gasteiger charge is -2.34. The van der Waals surface area contributed by atoms with Gasteiger partial charge in [-0.25, -0.2) is 13.6 Å². The van der Waals surface area contributed by atoms with Gasteiger partial charge in [-0.05, 0) is 43.9 Å². The number of nitrogens with zero attached hydrogens (tertiary/aromatic N) is 2. The van der Waals surface area contributed by atoms with Gasteiger partial charge in [-0.15, -0.1) is 0 Å². The van der Waals surface area contributed by atoms with Gasteiger partial charge in [0.15, 0.2) is 0 Å². The average Bonchev–Trinajstić information content (AvgIpc) is 3.45. The molecule has 2 N–H and O–H groups in total. The molecule has 28 heavy (non-hydrogen) atoms. The van der Waals surface area contributed by atoms with Crippen LogP contribution in [0.3, 0.4) is 0 Å². The summed E-state index contributed by atoms with van der Waals surface area (Å²) in [5.41, 5.74) is 2.20. The number of aryl methyl sites for hydroxylation is 1. The van der Waals surface area contributed by atoms with Crippen LogP contribution < -0.4 is 10.1 Å². The highest BCUT2D eigenvalue weighted by molar-refractivity contribution is 5.87. The number of alkyl halides is 2. The van der Waals surface area contributed by atoms with Gasteiger partial charge in [0.2, 0.25) is 0 Å². The predicted octanol–water partition coefficient (Wildman–Crippen LogP) is 4.17. The van der Waals surface area contributed by atoms with Crippen molar-refractivity contribution in [3.05, 3.63) is 48.0 Å². The maximum absolute atomic E-state index is 12.5. The molecule has 0 aliphatic heterocycles. The molecule has 2 aromatic heterocycles. The van der Waals surface area contributed by atoms with Gasteiger partial charge < -0.3 is 15.2 Å². The Morgan fingerprint density at radius 3 is 2.61 bits per heavy atom. The summed E-state index contributed by atoms with van der Waals surface area (Å²) in [4.78, 5) is 18.5. The minimum atomic E-state index is -2.65. The van der Waals surface area contributed by atoms with Crippen molar-refractivity contribution < 1.29 is 23.4 Å². The number of rotatable bonds is 6. The lowest BCUT2D eigenvalue weighted by Crippen LogP contribution is -2.43. The zero-order valence-corrected chi connectivity index (χ0v) is 15.6. The molecule has 0 spiro atoms. The number of nitrogens with one attached hydrogen (secondary N) is 1. The monoisotopic (exact) mass is 391 g/mol. The maximum Gasteiger partial charge on any atom is 0.337 e. The van der Waals surface area contributed by atoms with Gasteiger partial charge in [0.1, 0.15) is 11.9 Å². The molecule has 2 aromatic rings. The molecule has 0 atom stereocenters. The van der Waals surface area contributed by atoms with E-state index in [1.807, 2.05) is 19.2 Å². The fraction of sp³-hybridized carbons (Fsp3) is 0.450. The van der Waals surface area contributed by atoms with E-state index in [1.54, 1.807) is 0 Å². The normalized spacial score (nSPS) is 17.7. The van der Waals surface area contributed by atoms with Gasteiger partial charge in [0.05, 0.1) is 23.6 Å². The van der Waals surface area contributed by atoms with Crippen molar-refractivity contribution in [2.45, 2.75) is 44.6 Å². The van der Waals surface area contributed by atoms with E-state index >= 15 is 0 Å². The first-order valence-electron chi connectivity index (χ1n) is 9.20. The van der Waals surface area contributed by atoms with Crippen LogP contribution in [-0.4, -0.2) is 39.6 Å². The van der Waals surface area contributed by atoms with E-state index in [1.165, 1.54) is 31.3 Å². The van der Waals surface area contributed by atoms with E-state index in [9.17, 15) is 13.6 Å². The highest BCUT2D eigenvalue weighted by Gasteiger charge is 2.47. The maximum atomic E-state index is 12.5. The molecular formula is C20H23F2N3O3. The molecule has 2 fully saturated rings. The molecule has 2 aliphatic rings. The van der Waals surface area contributed by atoms with E-state index in [2.05, 4.69) is 21.4 Å². The second kappa shape index (κ2) is 8.50. The fourth-order valence-electron chi connectivity index (χ4n) is 2.64. The average molecular weight is 391 g/mol. The van der Waals surface area contributed by atoms with Gasteiger partial charge >= 0.3 is 5.97 Å². The van der Waals surface area contributed by atoms with Gasteiger partial charge in [0.25, 0.3) is 5.92 Å². The molecule has 0 unspecified atom stereocenters. The van der Waals surface area contributed by atoms with E-state index in [0.717, 1.165) is 23.8 Å². The molecule has 0 saturated heterocycles. The molecule has 0 amide bonds. The Morgan fingerprint density at radius 2 is 2.04 bits per heavy atom. The number of halogens is 2. The number of carbonyl (C=O) groups is 1. The standard InChI is InChI=1S/C10H9F2NO3.C10H14N2/c11-10(12)2-8(3-10)16-7-1-6(9(14)15)4-13-5-7;1-8-2-5-10(7-11-8)12-6-9-3-4-9/h1,4-5,8H,2-3H2,(H,14,15);2,5,7,9,12H,3-4,6H2,1H3. The molecule has 2 aliphatic carbocycles. The van der Waals surface area contributed by atoms with Gasteiger partial charge in [-0.3, -0.25) is 9.97 Å². The number of aromatic carboxylic acids is 1. The van der Waals surface area contributed by atoms with Crippen LogP contribution in [0.2, 0.25) is 0 Å². The number of hydrogen-bond donors (Lipinski definition) is 2. The first-order valence-corrected chi connectivity index (χ1v) is 9.20. The fourth-order valence-corrected chi connectivity index (χ4v) is 2.64. The van der Waals surface area contributed by atoms with Crippen LogP contribution >= 0.6 is 0 Å². The number of anilines is 1. The Balaban J connectivity index is 0.000000167. The number of carboxylic acid groups (broad SMARTS) is 1. The van der Waals surface area contributed by atoms with Crippen LogP contribution in [0.5, 0.6) is 5.75 Å². The van der Waals surface area contributed by atoms with Gasteiger partial charge in [-0.2, -0.15) is 0 Å². The summed E-state index contributed by atoms with van der Waals surface area (Å²) in [6.07, 6.45) is 5.96. The van der Waals surface area contributed by atoms with Crippen molar-refractivity contribution in [3.63, 3.8) is 0 Å². The Labute approximate surface area is 162 Å². The minimum absolute atomic E-state index is 0.0245. The molecule has 6 nitrogen and oxygen atoms in total. The van der Waals surface area contributed by atoms with Crippen molar-refractivity contribution in [2.24, 2.45) is 5.92 Å². The van der Waals surface area contributed by atoms with Crippen LogP contribution in [0.4, 0.5) is 14.5 Å². The van der Waals surface area contributed by atoms with Crippen LogP contribution in [0.25, 0.3) is 0 Å². The van der Waals surface area contributed by atoms with Crippen molar-refractivity contribution in [2.75, 3.05) is 11.9 Å². The Hall–Kier alpha value is -2.77. The van der Waals surface area contributed by atoms with Crippen molar-refractivity contribution in [3.8, 4) is 5.75 Å². The minimum Gasteiger partial charge on any atom is -0.488 e. The summed E-state index contributed by atoms with van der Waals surface area (Å²) in [5.74, 6) is -2.65. The third-order valence-electron chi connectivity index (χ3n) is 4.52. The number of hydrogen-bond acceptors (Lipinski definition) is 5. The van der Waals surface area contributed by atoms with Gasteiger partial charge in [0, 0.05) is 31.3 Å². The number of aromatic nitrogens is 2. The summed E-state index contributed by atoms with van der Waals surface area (Å²) in [6, 6.07) is 5.39. The molecule has 0 aromatic carbocycles.